The highest BCUT2D eigenvalue weighted by Crippen LogP contribution is 2.42. The SMILES string of the molecule is COc1c(NC(=O)c2ccc(C)c(N3C=C(c4cnn(-c5ccccc5)c4CCN(C)C)NN3)c2)cc(C(C)(C)C)cc1NS(C)(=O)=O.COc1c(NC(=O)c2ccc(C)c(N3C=C(c4cnn(-c5ccccc5)c4CCN)NN3)c2)cc(C(C)(C)C)cc1NS(C)(=O)=O. The van der Waals surface area contributed by atoms with Gasteiger partial charge in [-0.25, -0.2) is 26.2 Å². The molecule has 8 aromatic rings. The molecule has 0 fully saturated rings. The van der Waals surface area contributed by atoms with Crippen molar-refractivity contribution in [1.82, 2.24) is 46.4 Å². The van der Waals surface area contributed by atoms with E-state index in [9.17, 15) is 26.4 Å². The fraction of sp³-hybridized carbons (Fsp3) is 0.294. The standard InChI is InChI=1S/C35H44N8O4S.C33H40N8O4S/c1-23-14-15-24(34(44)37-28-19-25(35(2,3)4)20-29(33(28)47-7)39-48(8,45)46)18-32(23)42-22-30(38-40-42)27-21-36-43(26-12-10-9-11-13-26)31(27)16-17-41(5)6;1-21-12-13-22(32(42)36-26-17-23(33(2,3)4)18-27(31(26)45-5)38-46(6,43)44)16-30(21)40-20-28(37-39-40)25-19-35-41(29(25)14-15-34)24-10-8-7-9-11-24/h9-15,18-22,38-40H,16-17H2,1-8H3,(H,37,44);7-13,16-20,37-39H,14-15,34H2,1-6H3,(H,36,42). The fourth-order valence-electron chi connectivity index (χ4n) is 10.6. The van der Waals surface area contributed by atoms with Gasteiger partial charge in [-0.3, -0.25) is 29.1 Å². The number of likely N-dealkylation sites (N-methyl/N-ethyl adjacent to an activating group) is 1. The topological polar surface area (TPSA) is 288 Å². The zero-order valence-corrected chi connectivity index (χ0v) is 57.1. The van der Waals surface area contributed by atoms with Crippen molar-refractivity contribution in [2.75, 3.05) is 84.0 Å². The number of ether oxygens (including phenoxy) is 2. The first kappa shape index (κ1) is 68.7. The molecule has 496 valence electrons. The highest BCUT2D eigenvalue weighted by Gasteiger charge is 2.28. The van der Waals surface area contributed by atoms with Crippen LogP contribution in [0.1, 0.15) is 107 Å². The maximum atomic E-state index is 13.7. The molecule has 10 N–H and O–H groups in total. The van der Waals surface area contributed by atoms with Gasteiger partial charge in [-0.2, -0.15) is 10.2 Å². The molecular formula is C68H84N16O8S2. The lowest BCUT2D eigenvalue weighted by atomic mass is 9.86. The summed E-state index contributed by atoms with van der Waals surface area (Å²) in [6.45, 7) is 17.3. The molecule has 2 aliphatic heterocycles. The summed E-state index contributed by atoms with van der Waals surface area (Å²) in [6, 6.07) is 37.8. The number of nitrogens with zero attached hydrogens (tertiary/aromatic N) is 7. The number of benzene rings is 6. The average molecular weight is 1320 g/mol. The summed E-state index contributed by atoms with van der Waals surface area (Å²) in [4.78, 5) is 29.5. The molecule has 6 aromatic carbocycles. The maximum Gasteiger partial charge on any atom is 0.255 e. The summed E-state index contributed by atoms with van der Waals surface area (Å²) < 4.78 is 68.6. The van der Waals surface area contributed by atoms with Crippen LogP contribution in [-0.4, -0.2) is 107 Å². The Labute approximate surface area is 550 Å². The molecule has 0 radical (unpaired) electrons. The van der Waals surface area contributed by atoms with Gasteiger partial charge >= 0.3 is 0 Å². The number of aryl methyl sites for hydroxylation is 2. The summed E-state index contributed by atoms with van der Waals surface area (Å²) in [5.74, 6) is -0.339. The number of nitrogens with one attached hydrogen (secondary N) is 8. The van der Waals surface area contributed by atoms with E-state index in [1.54, 1.807) is 42.5 Å². The molecule has 0 unspecified atom stereocenters. The van der Waals surface area contributed by atoms with Crippen LogP contribution in [0.3, 0.4) is 0 Å². The molecule has 0 bridgehead atoms. The molecule has 2 amide bonds. The van der Waals surface area contributed by atoms with Crippen LogP contribution in [0, 0.1) is 13.8 Å². The third-order valence-corrected chi connectivity index (χ3v) is 16.7. The Balaban J connectivity index is 0.000000222. The van der Waals surface area contributed by atoms with Crippen LogP contribution in [0.2, 0.25) is 0 Å². The van der Waals surface area contributed by atoms with Crippen molar-refractivity contribution in [3.05, 3.63) is 202 Å². The van der Waals surface area contributed by atoms with Crippen molar-refractivity contribution in [2.24, 2.45) is 5.73 Å². The number of carbonyl (C=O) groups excluding carboxylic acids is 2. The number of methoxy groups -OCH3 is 2. The van der Waals surface area contributed by atoms with Crippen molar-refractivity contribution in [3.8, 4) is 22.9 Å². The van der Waals surface area contributed by atoms with Gasteiger partial charge in [0.25, 0.3) is 11.8 Å². The van der Waals surface area contributed by atoms with Gasteiger partial charge in [-0.1, -0.05) is 90.1 Å². The Morgan fingerprint density at radius 2 is 0.947 bits per heavy atom. The van der Waals surface area contributed by atoms with Crippen molar-refractivity contribution in [3.63, 3.8) is 0 Å². The van der Waals surface area contributed by atoms with E-state index in [4.69, 9.17) is 20.3 Å². The lowest BCUT2D eigenvalue weighted by Gasteiger charge is -2.24. The Kier molecular flexibility index (Phi) is 20.6. The average Bonchev–Trinajstić information content (AvgIpc) is 1.15. The third kappa shape index (κ3) is 16.4. The van der Waals surface area contributed by atoms with Crippen LogP contribution < -0.4 is 67.2 Å². The van der Waals surface area contributed by atoms with E-state index in [1.807, 2.05) is 193 Å². The van der Waals surface area contributed by atoms with Gasteiger partial charge < -0.3 is 41.6 Å². The number of nitrogens with two attached hydrogens (primary N) is 1. The highest BCUT2D eigenvalue weighted by atomic mass is 32.2. The molecule has 0 saturated carbocycles. The summed E-state index contributed by atoms with van der Waals surface area (Å²) in [5.41, 5.74) is 32.7. The number of rotatable bonds is 21. The largest absolute Gasteiger partial charge is 0.492 e. The Morgan fingerprint density at radius 3 is 1.30 bits per heavy atom. The molecule has 26 heteroatoms. The number of anilines is 6. The molecule has 0 atom stereocenters. The molecule has 0 saturated heterocycles. The first-order valence-electron chi connectivity index (χ1n) is 30.3. The number of amides is 2. The smallest absolute Gasteiger partial charge is 0.255 e. The first-order chi connectivity index (χ1) is 44.4. The van der Waals surface area contributed by atoms with E-state index in [2.05, 4.69) is 52.0 Å². The van der Waals surface area contributed by atoms with E-state index < -0.39 is 20.0 Å². The van der Waals surface area contributed by atoms with Gasteiger partial charge in [0.15, 0.2) is 11.5 Å². The molecule has 0 spiro atoms. The van der Waals surface area contributed by atoms with Crippen molar-refractivity contribution < 1.29 is 35.9 Å². The van der Waals surface area contributed by atoms with Gasteiger partial charge in [0.2, 0.25) is 20.0 Å². The summed E-state index contributed by atoms with van der Waals surface area (Å²) >= 11 is 0. The van der Waals surface area contributed by atoms with Gasteiger partial charge in [-0.15, -0.1) is 11.1 Å². The van der Waals surface area contributed by atoms with E-state index in [0.29, 0.717) is 35.5 Å². The Bertz CT molecular complexity index is 4400. The van der Waals surface area contributed by atoms with Crippen LogP contribution in [-0.2, 0) is 43.7 Å². The lowest BCUT2D eigenvalue weighted by Crippen LogP contribution is -2.36. The van der Waals surface area contributed by atoms with Gasteiger partial charge in [-0.05, 0) is 140 Å². The van der Waals surface area contributed by atoms with Gasteiger partial charge in [0, 0.05) is 54.0 Å². The second kappa shape index (κ2) is 28.3. The fourth-order valence-corrected chi connectivity index (χ4v) is 11.7. The normalized spacial score (nSPS) is 13.3. The molecule has 94 heavy (non-hydrogen) atoms. The number of hydrogen-bond acceptors (Lipinski definition) is 18. The monoisotopic (exact) mass is 1320 g/mol. The number of hydrazine groups is 4. The Hall–Kier alpha value is -9.70. The van der Waals surface area contributed by atoms with Crippen LogP contribution >= 0.6 is 0 Å². The third-order valence-electron chi connectivity index (χ3n) is 15.5. The van der Waals surface area contributed by atoms with Crippen molar-refractivity contribution in [1.29, 1.82) is 0 Å². The van der Waals surface area contributed by atoms with Crippen LogP contribution in [0.5, 0.6) is 11.5 Å². The molecule has 24 nitrogen and oxygen atoms in total. The number of para-hydroxylation sites is 2. The molecule has 10 rings (SSSR count). The van der Waals surface area contributed by atoms with E-state index in [0.717, 1.165) is 104 Å². The van der Waals surface area contributed by atoms with E-state index in [-0.39, 0.29) is 45.5 Å². The predicted octanol–water partition coefficient (Wildman–Crippen LogP) is 9.48. The number of carbonyl (C=O) groups is 2. The molecule has 0 aliphatic carbocycles. The van der Waals surface area contributed by atoms with E-state index in [1.165, 1.54) is 14.2 Å². The quantitative estimate of drug-likeness (QED) is 0.0324. The van der Waals surface area contributed by atoms with Crippen molar-refractivity contribution in [2.45, 2.75) is 79.1 Å². The highest BCUT2D eigenvalue weighted by molar-refractivity contribution is 7.92. The van der Waals surface area contributed by atoms with Gasteiger partial charge in [0.05, 0.1) is 107 Å². The zero-order valence-electron chi connectivity index (χ0n) is 55.5. The maximum absolute atomic E-state index is 13.7. The first-order valence-corrected chi connectivity index (χ1v) is 34.1. The number of sulfonamides is 2. The predicted molar refractivity (Wildman–Crippen MR) is 374 cm³/mol. The molecular weight excluding hydrogens is 1230 g/mol. The number of hydrogen-bond donors (Lipinski definition) is 9. The van der Waals surface area contributed by atoms with Crippen molar-refractivity contribution >= 4 is 77.4 Å². The second-order valence-corrected chi connectivity index (χ2v) is 28.8. The minimum Gasteiger partial charge on any atom is -0.492 e. The Morgan fingerprint density at radius 1 is 0.564 bits per heavy atom. The molecule has 4 heterocycles. The second-order valence-electron chi connectivity index (χ2n) is 25.3. The molecule has 2 aliphatic rings. The van der Waals surface area contributed by atoms with Gasteiger partial charge in [0.1, 0.15) is 0 Å². The van der Waals surface area contributed by atoms with Crippen LogP contribution in [0.15, 0.2) is 146 Å². The summed E-state index contributed by atoms with van der Waals surface area (Å²) in [7, 11) is -0.259. The summed E-state index contributed by atoms with van der Waals surface area (Å²) in [5, 5.41) is 18.9. The minimum absolute atomic E-state index is 0.210. The number of aromatic nitrogens is 4. The van der Waals surface area contributed by atoms with E-state index >= 15 is 0 Å². The molecule has 2 aromatic heterocycles. The lowest BCUT2D eigenvalue weighted by molar-refractivity contribution is 0.101. The van der Waals surface area contributed by atoms with Crippen LogP contribution in [0.25, 0.3) is 22.8 Å². The van der Waals surface area contributed by atoms with Crippen LogP contribution in [0.4, 0.5) is 34.1 Å². The zero-order chi connectivity index (χ0) is 68.0. The summed E-state index contributed by atoms with van der Waals surface area (Å²) in [6.07, 6.45) is 11.1. The minimum atomic E-state index is -3.61.